The summed E-state index contributed by atoms with van der Waals surface area (Å²) >= 11 is 0. The maximum atomic E-state index is 13.3. The molecule has 3 aliphatic rings. The SMILES string of the molecule is CC(C(=O)N1CCOCC1)N1CCN(C(=O)C2CC(F)(F)CN2)CC1. The molecule has 2 atom stereocenters. The van der Waals surface area contributed by atoms with Gasteiger partial charge in [0.1, 0.15) is 0 Å². The zero-order valence-corrected chi connectivity index (χ0v) is 14.5. The molecule has 0 aliphatic carbocycles. The first-order valence-corrected chi connectivity index (χ1v) is 8.88. The fourth-order valence-corrected chi connectivity index (χ4v) is 3.64. The number of amides is 2. The number of hydrogen-bond donors (Lipinski definition) is 1. The summed E-state index contributed by atoms with van der Waals surface area (Å²) in [5.74, 6) is -2.98. The van der Waals surface area contributed by atoms with Crippen LogP contribution in [0.3, 0.4) is 0 Å². The van der Waals surface area contributed by atoms with E-state index in [1.807, 2.05) is 11.8 Å². The molecule has 0 aromatic rings. The van der Waals surface area contributed by atoms with E-state index < -0.39 is 24.9 Å². The minimum Gasteiger partial charge on any atom is -0.378 e. The zero-order valence-electron chi connectivity index (χ0n) is 14.5. The number of carbonyl (C=O) groups is 2. The van der Waals surface area contributed by atoms with E-state index in [9.17, 15) is 18.4 Å². The summed E-state index contributed by atoms with van der Waals surface area (Å²) in [4.78, 5) is 30.4. The van der Waals surface area contributed by atoms with Crippen LogP contribution < -0.4 is 5.32 Å². The van der Waals surface area contributed by atoms with Crippen molar-refractivity contribution in [2.45, 2.75) is 31.4 Å². The molecule has 0 aromatic carbocycles. The van der Waals surface area contributed by atoms with Gasteiger partial charge in [-0.1, -0.05) is 0 Å². The second-order valence-electron chi connectivity index (χ2n) is 6.97. The Labute approximate surface area is 146 Å². The number of rotatable bonds is 3. The average Bonchev–Trinajstić information content (AvgIpc) is 3.00. The lowest BCUT2D eigenvalue weighted by Gasteiger charge is -2.40. The smallest absolute Gasteiger partial charge is 0.262 e. The van der Waals surface area contributed by atoms with E-state index in [0.29, 0.717) is 52.5 Å². The molecule has 7 nitrogen and oxygen atoms in total. The number of halogens is 2. The summed E-state index contributed by atoms with van der Waals surface area (Å²) < 4.78 is 31.8. The van der Waals surface area contributed by atoms with Crippen LogP contribution in [0, 0.1) is 0 Å². The van der Waals surface area contributed by atoms with Gasteiger partial charge >= 0.3 is 0 Å². The average molecular weight is 360 g/mol. The molecule has 2 unspecified atom stereocenters. The largest absolute Gasteiger partial charge is 0.378 e. The van der Waals surface area contributed by atoms with E-state index in [0.717, 1.165) is 0 Å². The lowest BCUT2D eigenvalue weighted by atomic mass is 10.1. The standard InChI is InChI=1S/C16H26F2N4O3/c1-12(14(23)22-6-8-25-9-7-22)20-2-4-21(5-3-20)15(24)13-10-16(17,18)11-19-13/h12-13,19H,2-11H2,1H3. The number of ether oxygens (including phenoxy) is 1. The highest BCUT2D eigenvalue weighted by atomic mass is 19.3. The number of morpholine rings is 1. The molecule has 142 valence electrons. The number of carbonyl (C=O) groups excluding carboxylic acids is 2. The van der Waals surface area contributed by atoms with Crippen molar-refractivity contribution in [1.82, 2.24) is 20.0 Å². The molecule has 3 saturated heterocycles. The quantitative estimate of drug-likeness (QED) is 0.727. The summed E-state index contributed by atoms with van der Waals surface area (Å²) in [7, 11) is 0. The first-order chi connectivity index (χ1) is 11.9. The molecule has 9 heteroatoms. The topological polar surface area (TPSA) is 65.1 Å². The number of nitrogens with zero attached hydrogens (tertiary/aromatic N) is 3. The Morgan fingerprint density at radius 3 is 2.28 bits per heavy atom. The van der Waals surface area contributed by atoms with E-state index in [1.54, 1.807) is 4.90 Å². The molecule has 3 fully saturated rings. The van der Waals surface area contributed by atoms with Crippen LogP contribution in [0.5, 0.6) is 0 Å². The molecule has 0 radical (unpaired) electrons. The third-order valence-corrected chi connectivity index (χ3v) is 5.26. The van der Waals surface area contributed by atoms with Crippen molar-refractivity contribution in [2.75, 3.05) is 59.0 Å². The first kappa shape index (κ1) is 18.5. The fourth-order valence-electron chi connectivity index (χ4n) is 3.64. The third kappa shape index (κ3) is 4.27. The van der Waals surface area contributed by atoms with Crippen molar-refractivity contribution in [3.8, 4) is 0 Å². The number of nitrogens with one attached hydrogen (secondary N) is 1. The molecular weight excluding hydrogens is 334 g/mol. The molecule has 1 N–H and O–H groups in total. The predicted octanol–water partition coefficient (Wildman–Crippen LogP) is -0.625. The highest BCUT2D eigenvalue weighted by Crippen LogP contribution is 2.26. The Morgan fingerprint density at radius 1 is 1.08 bits per heavy atom. The van der Waals surface area contributed by atoms with Crippen LogP contribution in [0.15, 0.2) is 0 Å². The van der Waals surface area contributed by atoms with E-state index in [2.05, 4.69) is 10.2 Å². The monoisotopic (exact) mass is 360 g/mol. The fraction of sp³-hybridized carbons (Fsp3) is 0.875. The molecular formula is C16H26F2N4O3. The minimum absolute atomic E-state index is 0.0835. The predicted molar refractivity (Wildman–Crippen MR) is 86.4 cm³/mol. The normalized spacial score (nSPS) is 28.8. The summed E-state index contributed by atoms with van der Waals surface area (Å²) in [6, 6.07) is -1.04. The Kier molecular flexibility index (Phi) is 5.55. The third-order valence-electron chi connectivity index (χ3n) is 5.26. The Hall–Kier alpha value is -1.32. The molecule has 0 bridgehead atoms. The Balaban J connectivity index is 1.48. The van der Waals surface area contributed by atoms with Crippen LogP contribution in [0.2, 0.25) is 0 Å². The van der Waals surface area contributed by atoms with Crippen LogP contribution in [0.4, 0.5) is 8.78 Å². The van der Waals surface area contributed by atoms with Crippen LogP contribution in [-0.4, -0.2) is 104 Å². The lowest BCUT2D eigenvalue weighted by molar-refractivity contribution is -0.142. The number of piperazine rings is 1. The maximum absolute atomic E-state index is 13.3. The second-order valence-corrected chi connectivity index (χ2v) is 6.97. The van der Waals surface area contributed by atoms with Gasteiger partial charge in [-0.15, -0.1) is 0 Å². The summed E-state index contributed by atoms with van der Waals surface area (Å²) in [6.07, 6.45) is -0.433. The minimum atomic E-state index is -2.80. The zero-order chi connectivity index (χ0) is 18.0. The number of hydrogen-bond acceptors (Lipinski definition) is 5. The Bertz CT molecular complexity index is 506. The molecule has 0 saturated carbocycles. The van der Waals surface area contributed by atoms with Gasteiger partial charge in [0.2, 0.25) is 11.8 Å². The van der Waals surface area contributed by atoms with Crippen molar-refractivity contribution in [3.05, 3.63) is 0 Å². The highest BCUT2D eigenvalue weighted by molar-refractivity contribution is 5.83. The van der Waals surface area contributed by atoms with Crippen molar-refractivity contribution < 1.29 is 23.1 Å². The van der Waals surface area contributed by atoms with Gasteiger partial charge in [0.05, 0.1) is 31.8 Å². The summed E-state index contributed by atoms with van der Waals surface area (Å²) in [5.41, 5.74) is 0. The summed E-state index contributed by atoms with van der Waals surface area (Å²) in [6.45, 7) is 5.89. The van der Waals surface area contributed by atoms with E-state index in [-0.39, 0.29) is 17.9 Å². The second kappa shape index (κ2) is 7.51. The van der Waals surface area contributed by atoms with E-state index in [1.165, 1.54) is 0 Å². The van der Waals surface area contributed by atoms with Gasteiger partial charge in [-0.25, -0.2) is 8.78 Å². The van der Waals surface area contributed by atoms with Gasteiger partial charge in [0.25, 0.3) is 5.92 Å². The molecule has 3 heterocycles. The van der Waals surface area contributed by atoms with Gasteiger partial charge in [-0.2, -0.15) is 0 Å². The highest BCUT2D eigenvalue weighted by Gasteiger charge is 2.44. The molecule has 3 rings (SSSR count). The maximum Gasteiger partial charge on any atom is 0.262 e. The van der Waals surface area contributed by atoms with E-state index in [4.69, 9.17) is 4.74 Å². The van der Waals surface area contributed by atoms with Crippen LogP contribution in [-0.2, 0) is 14.3 Å². The molecule has 2 amide bonds. The summed E-state index contributed by atoms with van der Waals surface area (Å²) in [5, 5.41) is 2.61. The van der Waals surface area contributed by atoms with Gasteiger partial charge in [-0.3, -0.25) is 19.8 Å². The van der Waals surface area contributed by atoms with Crippen LogP contribution in [0.1, 0.15) is 13.3 Å². The molecule has 3 aliphatic heterocycles. The van der Waals surface area contributed by atoms with Gasteiger partial charge in [0, 0.05) is 45.7 Å². The Morgan fingerprint density at radius 2 is 1.72 bits per heavy atom. The van der Waals surface area contributed by atoms with Crippen molar-refractivity contribution >= 4 is 11.8 Å². The van der Waals surface area contributed by atoms with Crippen molar-refractivity contribution in [2.24, 2.45) is 0 Å². The van der Waals surface area contributed by atoms with Gasteiger partial charge in [-0.05, 0) is 6.92 Å². The van der Waals surface area contributed by atoms with E-state index >= 15 is 0 Å². The van der Waals surface area contributed by atoms with Gasteiger partial charge in [0.15, 0.2) is 0 Å². The molecule has 0 aromatic heterocycles. The first-order valence-electron chi connectivity index (χ1n) is 8.88. The van der Waals surface area contributed by atoms with Crippen molar-refractivity contribution in [1.29, 1.82) is 0 Å². The molecule has 0 spiro atoms. The number of alkyl halides is 2. The van der Waals surface area contributed by atoms with Gasteiger partial charge < -0.3 is 14.5 Å². The lowest BCUT2D eigenvalue weighted by Crippen LogP contribution is -2.58. The molecule has 25 heavy (non-hydrogen) atoms. The van der Waals surface area contributed by atoms with Crippen molar-refractivity contribution in [3.63, 3.8) is 0 Å². The van der Waals surface area contributed by atoms with Crippen LogP contribution in [0.25, 0.3) is 0 Å². The van der Waals surface area contributed by atoms with Crippen LogP contribution >= 0.6 is 0 Å².